The van der Waals surface area contributed by atoms with Crippen molar-refractivity contribution in [1.29, 1.82) is 0 Å². The van der Waals surface area contributed by atoms with Crippen LogP contribution in [-0.4, -0.2) is 117 Å². The molecule has 2 aromatic heterocycles. The van der Waals surface area contributed by atoms with Crippen LogP contribution in [0.3, 0.4) is 0 Å². The molecule has 574 valence electrons. The van der Waals surface area contributed by atoms with E-state index in [1.165, 1.54) is 68.1 Å². The van der Waals surface area contributed by atoms with Gasteiger partial charge in [0, 0.05) is 79.3 Å². The van der Waals surface area contributed by atoms with E-state index in [-0.39, 0.29) is 80.3 Å². The first-order chi connectivity index (χ1) is 51.8. The highest BCUT2D eigenvalue weighted by molar-refractivity contribution is 9.08. The standard InChI is InChI=1S/C26H26FN5O3.C22H27BFNO3.C19H21BBrFO3.C9H10ClN5O2.C3H7N/c27-17-1-5-20(6-2-17)35-21-7-8-22(16(12-21)14-30-18-3-4-18)25-31-19(13-23(32-25)24(28)33)11-15-9-10-29-26(15)34;1-21(2)22(3,4)28-23(27-21)20-12-11-19(13-15(20)14-25-17-7-8-17)26-18-9-5-16(24)6-10-18;1-18(2)19(3,4)25-20(24-18)17-10-9-16(11-13(17)12-21)23-15-7-5-14(22)6-8-15;10-9-14-5(7(11)16)3-6(15-9)13-4-1-2-12-8(4)17;4-3-1-2-3/h1-2,5-8,12-13,15,18,30H,3-4,9-11,14H2,(H2,28,33)(H,29,34);5-6,9-13,17,25H,7-8,14H2,1-4H3;5-11H,12H2,1-4H3;3-4H,1-2H2,(H2,11,16)(H,12,17)(H,13,14,15);3H,1-2,4H2. The average molecular weight is 1580 g/mol. The molecule has 23 nitrogen and oxygen atoms in total. The number of halogens is 5. The lowest BCUT2D eigenvalue weighted by atomic mass is 9.75. The first kappa shape index (κ1) is 81.0. The number of carbonyl (C=O) groups excluding carboxylic acids is 4. The van der Waals surface area contributed by atoms with Crippen molar-refractivity contribution in [3.63, 3.8) is 0 Å². The maximum Gasteiger partial charge on any atom is 0.495 e. The molecule has 6 heterocycles. The Balaban J connectivity index is 0.000000145. The highest BCUT2D eigenvalue weighted by Gasteiger charge is 2.53. The molecule has 4 aliphatic heterocycles. The minimum Gasteiger partial charge on any atom is -0.457 e. The van der Waals surface area contributed by atoms with E-state index in [2.05, 4.69) is 85.2 Å². The van der Waals surface area contributed by atoms with Gasteiger partial charge in [-0.05, 0) is 267 Å². The molecule has 0 bridgehead atoms. The van der Waals surface area contributed by atoms with Crippen molar-refractivity contribution in [1.82, 2.24) is 41.2 Å². The fraction of sp³-hybridized carbons (Fsp3) is 0.392. The van der Waals surface area contributed by atoms with Gasteiger partial charge in [-0.1, -0.05) is 28.1 Å². The van der Waals surface area contributed by atoms with Gasteiger partial charge in [0.2, 0.25) is 17.1 Å². The number of anilines is 1. The molecule has 11 N–H and O–H groups in total. The molecule has 4 amide bonds. The summed E-state index contributed by atoms with van der Waals surface area (Å²) in [5, 5.41) is 16.0. The minimum absolute atomic E-state index is 0.00547. The highest BCUT2D eigenvalue weighted by Crippen LogP contribution is 2.40. The van der Waals surface area contributed by atoms with Gasteiger partial charge in [0.15, 0.2) is 5.82 Å². The van der Waals surface area contributed by atoms with Crippen LogP contribution < -0.4 is 68.9 Å². The number of carbonyl (C=O) groups is 4. The predicted octanol–water partition coefficient (Wildman–Crippen LogP) is 11.7. The largest absolute Gasteiger partial charge is 0.495 e. The Kier molecular flexibility index (Phi) is 26.2. The van der Waals surface area contributed by atoms with Gasteiger partial charge in [-0.15, -0.1) is 0 Å². The van der Waals surface area contributed by atoms with Crippen molar-refractivity contribution in [2.45, 2.75) is 178 Å². The molecule has 8 aromatic rings. The smallest absolute Gasteiger partial charge is 0.457 e. The van der Waals surface area contributed by atoms with Crippen molar-refractivity contribution < 1.29 is 65.2 Å². The molecule has 0 radical (unpaired) electrons. The Morgan fingerprint density at radius 3 is 1.37 bits per heavy atom. The molecule has 3 aliphatic carbocycles. The second kappa shape index (κ2) is 35.3. The Morgan fingerprint density at radius 1 is 0.532 bits per heavy atom. The number of amides is 4. The van der Waals surface area contributed by atoms with E-state index in [0.29, 0.717) is 108 Å². The number of hydrogen-bond donors (Lipinski definition) is 8. The molecule has 3 saturated carbocycles. The van der Waals surface area contributed by atoms with E-state index >= 15 is 0 Å². The number of nitrogens with one attached hydrogen (secondary N) is 5. The quantitative estimate of drug-likeness (QED) is 0.0178. The summed E-state index contributed by atoms with van der Waals surface area (Å²) in [6.45, 7) is 18.9. The minimum atomic E-state index is -0.701. The number of ether oxygens (including phenoxy) is 3. The Bertz CT molecular complexity index is 4520. The summed E-state index contributed by atoms with van der Waals surface area (Å²) in [5.74, 6) is 1.79. The summed E-state index contributed by atoms with van der Waals surface area (Å²) in [5.41, 5.74) is 20.8. The zero-order valence-corrected chi connectivity index (χ0v) is 64.5. The molecule has 4 saturated heterocycles. The monoisotopic (exact) mass is 1580 g/mol. The van der Waals surface area contributed by atoms with E-state index in [1.807, 2.05) is 76.2 Å². The lowest BCUT2D eigenvalue weighted by Gasteiger charge is -2.32. The van der Waals surface area contributed by atoms with Gasteiger partial charge < -0.3 is 76.6 Å². The van der Waals surface area contributed by atoms with Gasteiger partial charge >= 0.3 is 14.2 Å². The SMILES string of the molecule is CC1(C)OB(c2ccc(Oc3ccc(F)cc3)cc2CBr)OC1(C)C.CC1(C)OB(c2ccc(Oc3ccc(F)cc3)cc2CNC2CC2)OC1(C)C.NC(=O)c1cc(CC2CCNC2=O)nc(-c2ccc(Oc3ccc(F)cc3)cc2CNC2CC2)n1.NC(=O)c1cc(NC2CCNC2=O)nc(Cl)n1.NC1CC1. The molecule has 2 atom stereocenters. The maximum absolute atomic E-state index is 13.3. The molecule has 15 rings (SSSR count). The summed E-state index contributed by atoms with van der Waals surface area (Å²) in [7, 11) is -0.835. The van der Waals surface area contributed by atoms with Crippen molar-refractivity contribution in [3.05, 3.63) is 196 Å². The number of nitrogens with zero attached hydrogens (tertiary/aromatic N) is 4. The maximum atomic E-state index is 13.3. The van der Waals surface area contributed by atoms with Gasteiger partial charge in [-0.25, -0.2) is 33.1 Å². The Hall–Kier alpha value is -9.03. The Labute approximate surface area is 646 Å². The normalized spacial score (nSPS) is 18.9. The van der Waals surface area contributed by atoms with Crippen LogP contribution in [0, 0.1) is 23.4 Å². The van der Waals surface area contributed by atoms with E-state index in [1.54, 1.807) is 48.5 Å². The lowest BCUT2D eigenvalue weighted by molar-refractivity contribution is -0.122. The number of hydrogen-bond acceptors (Lipinski definition) is 19. The van der Waals surface area contributed by atoms with Crippen molar-refractivity contribution in [2.24, 2.45) is 23.1 Å². The number of nitrogens with two attached hydrogens (primary N) is 3. The number of benzene rings is 6. The molecule has 2 unspecified atom stereocenters. The van der Waals surface area contributed by atoms with E-state index < -0.39 is 26.1 Å². The fourth-order valence-electron chi connectivity index (χ4n) is 11.5. The second-order valence-corrected chi connectivity index (χ2v) is 30.5. The van der Waals surface area contributed by atoms with E-state index in [9.17, 15) is 32.3 Å². The Morgan fingerprint density at radius 2 is 0.945 bits per heavy atom. The number of rotatable bonds is 22. The van der Waals surface area contributed by atoms with Crippen LogP contribution >= 0.6 is 27.5 Å². The molecular formula is C79H91B2BrClF3N12O11. The summed E-state index contributed by atoms with van der Waals surface area (Å²) in [4.78, 5) is 63.1. The molecular weight excluding hydrogens is 1490 g/mol. The molecule has 7 aliphatic rings. The van der Waals surface area contributed by atoms with Gasteiger partial charge in [-0.3, -0.25) is 19.2 Å². The predicted molar refractivity (Wildman–Crippen MR) is 415 cm³/mol. The van der Waals surface area contributed by atoms with Gasteiger partial charge in [-0.2, -0.15) is 0 Å². The molecule has 6 aromatic carbocycles. The second-order valence-electron chi connectivity index (χ2n) is 29.6. The molecule has 109 heavy (non-hydrogen) atoms. The van der Waals surface area contributed by atoms with Gasteiger partial charge in [0.25, 0.3) is 11.8 Å². The van der Waals surface area contributed by atoms with Crippen molar-refractivity contribution in [3.8, 4) is 45.9 Å². The number of aromatic nitrogens is 4. The van der Waals surface area contributed by atoms with Gasteiger partial charge in [0.05, 0.1) is 22.4 Å². The van der Waals surface area contributed by atoms with Crippen LogP contribution in [0.1, 0.15) is 150 Å². The summed E-state index contributed by atoms with van der Waals surface area (Å²) < 4.78 is 81.8. The molecule has 7 fully saturated rings. The van der Waals surface area contributed by atoms with Crippen LogP contribution in [0.2, 0.25) is 5.28 Å². The van der Waals surface area contributed by atoms with Crippen LogP contribution in [0.4, 0.5) is 19.0 Å². The topological polar surface area (TPSA) is 323 Å². The van der Waals surface area contributed by atoms with Crippen LogP contribution in [0.25, 0.3) is 11.4 Å². The molecule has 0 spiro atoms. The van der Waals surface area contributed by atoms with Crippen LogP contribution in [0.5, 0.6) is 34.5 Å². The lowest BCUT2D eigenvalue weighted by Crippen LogP contribution is -2.41. The summed E-state index contributed by atoms with van der Waals surface area (Å²) in [6.07, 6.45) is 8.99. The third kappa shape index (κ3) is 22.6. The summed E-state index contributed by atoms with van der Waals surface area (Å²) in [6, 6.07) is 39.2. The fourth-order valence-corrected chi connectivity index (χ4v) is 12.2. The van der Waals surface area contributed by atoms with Gasteiger partial charge in [0.1, 0.15) is 75.2 Å². The molecule has 30 heteroatoms. The van der Waals surface area contributed by atoms with E-state index in [0.717, 1.165) is 59.0 Å². The van der Waals surface area contributed by atoms with Crippen LogP contribution in [0.15, 0.2) is 140 Å². The zero-order valence-electron chi connectivity index (χ0n) is 62.1. The number of alkyl halides is 1. The third-order valence-electron chi connectivity index (χ3n) is 19.8. The van der Waals surface area contributed by atoms with Crippen molar-refractivity contribution in [2.75, 3.05) is 18.4 Å². The first-order valence-corrected chi connectivity index (χ1v) is 37.9. The van der Waals surface area contributed by atoms with E-state index in [4.69, 9.17) is 66.6 Å². The summed E-state index contributed by atoms with van der Waals surface area (Å²) >= 11 is 9.17. The third-order valence-corrected chi connectivity index (χ3v) is 20.5. The zero-order chi connectivity index (χ0) is 78.0. The first-order valence-electron chi connectivity index (χ1n) is 36.4. The van der Waals surface area contributed by atoms with Crippen LogP contribution in [-0.2, 0) is 53.0 Å². The number of primary amides is 2. The average Bonchev–Trinajstić information content (AvgIpc) is 1.63. The van der Waals surface area contributed by atoms with Crippen molar-refractivity contribution >= 4 is 82.1 Å². The highest BCUT2D eigenvalue weighted by atomic mass is 79.9.